The Bertz CT molecular complexity index is 802. The molecule has 1 aromatic carbocycles. The van der Waals surface area contributed by atoms with Crippen molar-refractivity contribution in [1.82, 2.24) is 20.4 Å². The van der Waals surface area contributed by atoms with Crippen LogP contribution >= 0.6 is 11.6 Å². The minimum absolute atomic E-state index is 0.224. The Labute approximate surface area is 137 Å². The number of hydrogen-bond donors (Lipinski definition) is 1. The summed E-state index contributed by atoms with van der Waals surface area (Å²) in [5.41, 5.74) is 1.29. The van der Waals surface area contributed by atoms with E-state index in [9.17, 15) is 4.79 Å². The monoisotopic (exact) mass is 328 g/mol. The summed E-state index contributed by atoms with van der Waals surface area (Å²) >= 11 is 5.85. The van der Waals surface area contributed by atoms with Crippen molar-refractivity contribution in [2.24, 2.45) is 0 Å². The molecule has 1 amide bonds. The Kier molecular flexibility index (Phi) is 4.34. The fraction of sp³-hybridized carbons (Fsp3) is 0.125. The van der Waals surface area contributed by atoms with E-state index in [1.807, 2.05) is 0 Å². The first-order valence-corrected chi connectivity index (χ1v) is 7.32. The average Bonchev–Trinajstić information content (AvgIpc) is 3.06. The number of amides is 1. The second-order valence-corrected chi connectivity index (χ2v) is 5.33. The van der Waals surface area contributed by atoms with Crippen molar-refractivity contribution in [2.75, 3.05) is 0 Å². The number of nitrogens with zero attached hydrogens (tertiary/aromatic N) is 3. The van der Waals surface area contributed by atoms with Gasteiger partial charge in [0.05, 0.1) is 6.04 Å². The van der Waals surface area contributed by atoms with E-state index in [1.54, 1.807) is 55.7 Å². The lowest BCUT2D eigenvalue weighted by atomic mass is 10.2. The number of aromatic nitrogens is 3. The number of halogens is 1. The van der Waals surface area contributed by atoms with E-state index >= 15 is 0 Å². The molecule has 3 rings (SSSR count). The Morgan fingerprint density at radius 1 is 1.17 bits per heavy atom. The molecule has 23 heavy (non-hydrogen) atoms. The van der Waals surface area contributed by atoms with Crippen LogP contribution in [0, 0.1) is 0 Å². The van der Waals surface area contributed by atoms with Gasteiger partial charge in [0, 0.05) is 28.5 Å². The lowest BCUT2D eigenvalue weighted by Crippen LogP contribution is -2.27. The first-order valence-electron chi connectivity index (χ1n) is 6.94. The molecule has 0 spiro atoms. The van der Waals surface area contributed by atoms with Gasteiger partial charge in [-0.15, -0.1) is 0 Å². The molecular formula is C16H13ClN4O2. The van der Waals surface area contributed by atoms with E-state index in [-0.39, 0.29) is 11.9 Å². The predicted molar refractivity (Wildman–Crippen MR) is 84.9 cm³/mol. The van der Waals surface area contributed by atoms with Crippen LogP contribution in [0.2, 0.25) is 5.02 Å². The molecule has 0 fully saturated rings. The van der Waals surface area contributed by atoms with Crippen LogP contribution in [0.1, 0.15) is 29.1 Å². The maximum absolute atomic E-state index is 12.1. The average molecular weight is 329 g/mol. The van der Waals surface area contributed by atoms with E-state index in [0.29, 0.717) is 22.3 Å². The van der Waals surface area contributed by atoms with Crippen molar-refractivity contribution in [3.8, 4) is 11.5 Å². The van der Waals surface area contributed by atoms with E-state index in [4.69, 9.17) is 16.1 Å². The van der Waals surface area contributed by atoms with Crippen LogP contribution in [-0.4, -0.2) is 21.0 Å². The van der Waals surface area contributed by atoms with Crippen molar-refractivity contribution >= 4 is 17.5 Å². The van der Waals surface area contributed by atoms with Crippen LogP contribution in [0.5, 0.6) is 0 Å². The summed E-state index contributed by atoms with van der Waals surface area (Å²) in [6.07, 6.45) is 3.12. The van der Waals surface area contributed by atoms with Crippen LogP contribution < -0.4 is 5.32 Å². The first-order chi connectivity index (χ1) is 11.1. The smallest absolute Gasteiger partial charge is 0.257 e. The number of nitrogens with one attached hydrogen (secondary N) is 1. The molecule has 0 aliphatic rings. The van der Waals surface area contributed by atoms with Crippen LogP contribution in [0.4, 0.5) is 0 Å². The normalized spacial score (nSPS) is 11.9. The zero-order chi connectivity index (χ0) is 16.2. The quantitative estimate of drug-likeness (QED) is 0.795. The van der Waals surface area contributed by atoms with Crippen LogP contribution in [-0.2, 0) is 0 Å². The summed E-state index contributed by atoms with van der Waals surface area (Å²) < 4.78 is 5.23. The number of carbonyl (C=O) groups is 1. The fourth-order valence-electron chi connectivity index (χ4n) is 1.97. The highest BCUT2D eigenvalue weighted by Gasteiger charge is 2.17. The van der Waals surface area contributed by atoms with Crippen molar-refractivity contribution in [1.29, 1.82) is 0 Å². The largest absolute Gasteiger partial charge is 0.342 e. The number of rotatable bonds is 4. The minimum atomic E-state index is -0.388. The highest BCUT2D eigenvalue weighted by Crippen LogP contribution is 2.21. The number of carbonyl (C=O) groups excluding carboxylic acids is 1. The van der Waals surface area contributed by atoms with Crippen molar-refractivity contribution in [2.45, 2.75) is 13.0 Å². The molecule has 1 N–H and O–H groups in total. The summed E-state index contributed by atoms with van der Waals surface area (Å²) in [6, 6.07) is 9.96. The van der Waals surface area contributed by atoms with Gasteiger partial charge in [-0.3, -0.25) is 9.78 Å². The molecule has 0 bridgehead atoms. The predicted octanol–water partition coefficient (Wildman–Crippen LogP) is 3.28. The summed E-state index contributed by atoms with van der Waals surface area (Å²) in [5.74, 6) is 0.553. The summed E-state index contributed by atoms with van der Waals surface area (Å²) in [4.78, 5) is 20.3. The Morgan fingerprint density at radius 3 is 2.57 bits per heavy atom. The molecule has 6 nitrogen and oxygen atoms in total. The third-order valence-electron chi connectivity index (χ3n) is 3.21. The second kappa shape index (κ2) is 6.58. The molecule has 116 valence electrons. The molecule has 0 saturated carbocycles. The van der Waals surface area contributed by atoms with Crippen LogP contribution in [0.3, 0.4) is 0 Å². The Morgan fingerprint density at radius 2 is 1.87 bits per heavy atom. The van der Waals surface area contributed by atoms with Gasteiger partial charge < -0.3 is 9.84 Å². The van der Waals surface area contributed by atoms with Crippen LogP contribution in [0.15, 0.2) is 53.3 Å². The SMILES string of the molecule is C[C@H](NC(=O)c1ccncc1)c1noc(-c2ccc(Cl)cc2)n1. The summed E-state index contributed by atoms with van der Waals surface area (Å²) in [6.45, 7) is 1.79. The van der Waals surface area contributed by atoms with Gasteiger partial charge in [0.2, 0.25) is 0 Å². The maximum Gasteiger partial charge on any atom is 0.257 e. The highest BCUT2D eigenvalue weighted by molar-refractivity contribution is 6.30. The lowest BCUT2D eigenvalue weighted by Gasteiger charge is -2.09. The first kappa shape index (κ1) is 15.2. The van der Waals surface area contributed by atoms with Gasteiger partial charge in [-0.2, -0.15) is 4.98 Å². The van der Waals surface area contributed by atoms with Crippen molar-refractivity contribution < 1.29 is 9.32 Å². The molecule has 3 aromatic rings. The van der Waals surface area contributed by atoms with E-state index in [1.165, 1.54) is 0 Å². The molecule has 7 heteroatoms. The Balaban J connectivity index is 1.72. The van der Waals surface area contributed by atoms with Crippen molar-refractivity contribution in [3.05, 3.63) is 65.2 Å². The molecular weight excluding hydrogens is 316 g/mol. The van der Waals surface area contributed by atoms with E-state index < -0.39 is 0 Å². The van der Waals surface area contributed by atoms with Crippen molar-refractivity contribution in [3.63, 3.8) is 0 Å². The molecule has 2 aromatic heterocycles. The molecule has 0 unspecified atom stereocenters. The minimum Gasteiger partial charge on any atom is -0.342 e. The van der Waals surface area contributed by atoms with Gasteiger partial charge in [-0.25, -0.2) is 0 Å². The van der Waals surface area contributed by atoms with Crippen LogP contribution in [0.25, 0.3) is 11.5 Å². The summed E-state index contributed by atoms with van der Waals surface area (Å²) in [7, 11) is 0. The molecule has 0 aliphatic heterocycles. The van der Waals surface area contributed by atoms with E-state index in [0.717, 1.165) is 5.56 Å². The highest BCUT2D eigenvalue weighted by atomic mass is 35.5. The van der Waals surface area contributed by atoms with Gasteiger partial charge in [0.1, 0.15) is 0 Å². The van der Waals surface area contributed by atoms with Gasteiger partial charge in [-0.1, -0.05) is 16.8 Å². The number of pyridine rings is 1. The number of benzene rings is 1. The van der Waals surface area contributed by atoms with E-state index in [2.05, 4.69) is 20.4 Å². The zero-order valence-corrected chi connectivity index (χ0v) is 13.0. The zero-order valence-electron chi connectivity index (χ0n) is 12.2. The van der Waals surface area contributed by atoms with Gasteiger partial charge in [0.15, 0.2) is 5.82 Å². The fourth-order valence-corrected chi connectivity index (χ4v) is 2.09. The Hall–Kier alpha value is -2.73. The maximum atomic E-state index is 12.1. The number of hydrogen-bond acceptors (Lipinski definition) is 5. The standard InChI is InChI=1S/C16H13ClN4O2/c1-10(19-15(22)11-6-8-18-9-7-11)14-20-16(23-21-14)12-2-4-13(17)5-3-12/h2-10H,1H3,(H,19,22)/t10-/m0/s1. The molecule has 2 heterocycles. The molecule has 1 atom stereocenters. The van der Waals surface area contributed by atoms with Gasteiger partial charge >= 0.3 is 0 Å². The molecule has 0 radical (unpaired) electrons. The lowest BCUT2D eigenvalue weighted by molar-refractivity contribution is 0.0937. The second-order valence-electron chi connectivity index (χ2n) is 4.90. The van der Waals surface area contributed by atoms with Gasteiger partial charge in [-0.05, 0) is 43.3 Å². The topological polar surface area (TPSA) is 80.9 Å². The molecule has 0 saturated heterocycles. The van der Waals surface area contributed by atoms with Gasteiger partial charge in [0.25, 0.3) is 11.8 Å². The molecule has 0 aliphatic carbocycles. The third-order valence-corrected chi connectivity index (χ3v) is 3.46. The summed E-state index contributed by atoms with van der Waals surface area (Å²) in [5, 5.41) is 7.36. The third kappa shape index (κ3) is 3.54.